The van der Waals surface area contributed by atoms with Gasteiger partial charge in [-0.25, -0.2) is 0 Å². The average Bonchev–Trinajstić information content (AvgIpc) is 2.15. The van der Waals surface area contributed by atoms with E-state index in [0.717, 1.165) is 12.1 Å². The SMILES string of the molecule is CC(c1ccccn1)C(O)CC(C)(C)C. The van der Waals surface area contributed by atoms with Crippen molar-refractivity contribution in [2.24, 2.45) is 5.41 Å². The second-order valence-corrected chi connectivity index (χ2v) is 5.38. The number of hydrogen-bond acceptors (Lipinski definition) is 2. The van der Waals surface area contributed by atoms with Crippen LogP contribution in [0.15, 0.2) is 24.4 Å². The van der Waals surface area contributed by atoms with E-state index in [0.29, 0.717) is 0 Å². The van der Waals surface area contributed by atoms with Gasteiger partial charge in [0.05, 0.1) is 6.10 Å². The first-order valence-electron chi connectivity index (χ1n) is 5.49. The summed E-state index contributed by atoms with van der Waals surface area (Å²) in [4.78, 5) is 4.27. The largest absolute Gasteiger partial charge is 0.392 e. The third-order valence-corrected chi connectivity index (χ3v) is 2.55. The molecule has 1 rings (SSSR count). The van der Waals surface area contributed by atoms with Crippen LogP contribution in [-0.4, -0.2) is 16.2 Å². The molecular formula is C13H21NO. The maximum absolute atomic E-state index is 10.1. The summed E-state index contributed by atoms with van der Waals surface area (Å²) in [6.07, 6.45) is 2.25. The molecule has 1 N–H and O–H groups in total. The summed E-state index contributed by atoms with van der Waals surface area (Å²) in [5.74, 6) is 0.102. The molecule has 0 radical (unpaired) electrons. The molecule has 84 valence electrons. The van der Waals surface area contributed by atoms with Crippen molar-refractivity contribution in [3.8, 4) is 0 Å². The second kappa shape index (κ2) is 4.75. The molecule has 0 aliphatic heterocycles. The van der Waals surface area contributed by atoms with Crippen LogP contribution in [0.2, 0.25) is 0 Å². The minimum absolute atomic E-state index is 0.102. The van der Waals surface area contributed by atoms with Crippen molar-refractivity contribution in [3.05, 3.63) is 30.1 Å². The van der Waals surface area contributed by atoms with Gasteiger partial charge in [0.2, 0.25) is 0 Å². The summed E-state index contributed by atoms with van der Waals surface area (Å²) in [6, 6.07) is 5.82. The van der Waals surface area contributed by atoms with Gasteiger partial charge in [-0.3, -0.25) is 4.98 Å². The van der Waals surface area contributed by atoms with E-state index in [9.17, 15) is 5.11 Å². The van der Waals surface area contributed by atoms with Gasteiger partial charge in [0.15, 0.2) is 0 Å². The zero-order valence-corrected chi connectivity index (χ0v) is 10.1. The van der Waals surface area contributed by atoms with E-state index in [1.165, 1.54) is 0 Å². The lowest BCUT2D eigenvalue weighted by molar-refractivity contribution is 0.0990. The number of rotatable bonds is 3. The number of hydrogen-bond donors (Lipinski definition) is 1. The first-order chi connectivity index (χ1) is 6.90. The van der Waals surface area contributed by atoms with Crippen molar-refractivity contribution in [2.45, 2.75) is 46.1 Å². The molecule has 0 aliphatic carbocycles. The molecule has 0 saturated carbocycles. The van der Waals surface area contributed by atoms with Crippen LogP contribution in [0.5, 0.6) is 0 Å². The van der Waals surface area contributed by atoms with Gasteiger partial charge in [-0.15, -0.1) is 0 Å². The van der Waals surface area contributed by atoms with Crippen molar-refractivity contribution < 1.29 is 5.11 Å². The minimum Gasteiger partial charge on any atom is -0.392 e. The Labute approximate surface area is 92.4 Å². The molecule has 0 aliphatic rings. The summed E-state index contributed by atoms with van der Waals surface area (Å²) in [5, 5.41) is 10.1. The van der Waals surface area contributed by atoms with Crippen LogP contribution in [-0.2, 0) is 0 Å². The molecule has 2 atom stereocenters. The summed E-state index contributed by atoms with van der Waals surface area (Å²) in [7, 11) is 0. The molecule has 2 nitrogen and oxygen atoms in total. The van der Waals surface area contributed by atoms with E-state index in [-0.39, 0.29) is 17.4 Å². The Hall–Kier alpha value is -0.890. The van der Waals surface area contributed by atoms with E-state index < -0.39 is 0 Å². The van der Waals surface area contributed by atoms with Crippen LogP contribution in [0.1, 0.15) is 45.7 Å². The monoisotopic (exact) mass is 207 g/mol. The van der Waals surface area contributed by atoms with E-state index in [4.69, 9.17) is 0 Å². The number of aliphatic hydroxyl groups excluding tert-OH is 1. The Balaban J connectivity index is 2.65. The van der Waals surface area contributed by atoms with Gasteiger partial charge in [0.1, 0.15) is 0 Å². The van der Waals surface area contributed by atoms with E-state index in [1.807, 2.05) is 25.1 Å². The molecule has 0 amide bonds. The van der Waals surface area contributed by atoms with Crippen LogP contribution < -0.4 is 0 Å². The molecular weight excluding hydrogens is 186 g/mol. The highest BCUT2D eigenvalue weighted by Gasteiger charge is 2.23. The fourth-order valence-corrected chi connectivity index (χ4v) is 1.65. The minimum atomic E-state index is -0.320. The maximum Gasteiger partial charge on any atom is 0.0626 e. The Morgan fingerprint density at radius 1 is 1.33 bits per heavy atom. The van der Waals surface area contributed by atoms with Crippen molar-refractivity contribution >= 4 is 0 Å². The molecule has 0 saturated heterocycles. The maximum atomic E-state index is 10.1. The Kier molecular flexibility index (Phi) is 3.86. The van der Waals surface area contributed by atoms with Gasteiger partial charge in [0, 0.05) is 17.8 Å². The van der Waals surface area contributed by atoms with Gasteiger partial charge in [-0.1, -0.05) is 33.8 Å². The molecule has 2 unspecified atom stereocenters. The van der Waals surface area contributed by atoms with E-state index >= 15 is 0 Å². The number of pyridine rings is 1. The summed E-state index contributed by atoms with van der Waals surface area (Å²) >= 11 is 0. The first-order valence-corrected chi connectivity index (χ1v) is 5.49. The summed E-state index contributed by atoms with van der Waals surface area (Å²) in [5.41, 5.74) is 1.12. The zero-order valence-electron chi connectivity index (χ0n) is 10.1. The van der Waals surface area contributed by atoms with Crippen molar-refractivity contribution in [1.29, 1.82) is 0 Å². The molecule has 0 bridgehead atoms. The molecule has 0 fully saturated rings. The Bertz CT molecular complexity index is 289. The van der Waals surface area contributed by atoms with Crippen molar-refractivity contribution in [1.82, 2.24) is 4.98 Å². The predicted octanol–water partition coefficient (Wildman–Crippen LogP) is 2.98. The number of aliphatic hydroxyl groups is 1. The van der Waals surface area contributed by atoms with Crippen molar-refractivity contribution in [3.63, 3.8) is 0 Å². The van der Waals surface area contributed by atoms with E-state index in [1.54, 1.807) is 6.20 Å². The molecule has 15 heavy (non-hydrogen) atoms. The lowest BCUT2D eigenvalue weighted by Gasteiger charge is -2.26. The molecule has 0 spiro atoms. The van der Waals surface area contributed by atoms with Crippen molar-refractivity contribution in [2.75, 3.05) is 0 Å². The number of aromatic nitrogens is 1. The molecule has 0 aromatic carbocycles. The van der Waals surface area contributed by atoms with Crippen LogP contribution >= 0.6 is 0 Å². The smallest absolute Gasteiger partial charge is 0.0626 e. The first kappa shape index (κ1) is 12.2. The fourth-order valence-electron chi connectivity index (χ4n) is 1.65. The molecule has 1 aromatic heterocycles. The topological polar surface area (TPSA) is 33.1 Å². The highest BCUT2D eigenvalue weighted by atomic mass is 16.3. The molecule has 1 heterocycles. The summed E-state index contributed by atoms with van der Waals surface area (Å²) in [6.45, 7) is 8.45. The Morgan fingerprint density at radius 2 is 2.00 bits per heavy atom. The highest BCUT2D eigenvalue weighted by Crippen LogP contribution is 2.27. The Morgan fingerprint density at radius 3 is 2.47 bits per heavy atom. The second-order valence-electron chi connectivity index (χ2n) is 5.38. The van der Waals surface area contributed by atoms with Crippen LogP contribution in [0.3, 0.4) is 0 Å². The molecule has 1 aromatic rings. The standard InChI is InChI=1S/C13H21NO/c1-10(11-7-5-6-8-14-11)12(15)9-13(2,3)4/h5-8,10,12,15H,9H2,1-4H3. The number of nitrogens with zero attached hydrogens (tertiary/aromatic N) is 1. The summed E-state index contributed by atoms with van der Waals surface area (Å²) < 4.78 is 0. The quantitative estimate of drug-likeness (QED) is 0.826. The fraction of sp³-hybridized carbons (Fsp3) is 0.615. The van der Waals surface area contributed by atoms with Gasteiger partial charge >= 0.3 is 0 Å². The lowest BCUT2D eigenvalue weighted by Crippen LogP contribution is -2.23. The van der Waals surface area contributed by atoms with Crippen LogP contribution in [0, 0.1) is 5.41 Å². The van der Waals surface area contributed by atoms with Gasteiger partial charge in [0.25, 0.3) is 0 Å². The predicted molar refractivity (Wildman–Crippen MR) is 62.7 cm³/mol. The molecule has 2 heteroatoms. The van der Waals surface area contributed by atoms with Gasteiger partial charge in [-0.05, 0) is 24.0 Å². The zero-order chi connectivity index (χ0) is 11.5. The van der Waals surface area contributed by atoms with Crippen LogP contribution in [0.25, 0.3) is 0 Å². The van der Waals surface area contributed by atoms with Crippen LogP contribution in [0.4, 0.5) is 0 Å². The third kappa shape index (κ3) is 4.00. The van der Waals surface area contributed by atoms with E-state index in [2.05, 4.69) is 25.8 Å². The lowest BCUT2D eigenvalue weighted by atomic mass is 9.84. The average molecular weight is 207 g/mol. The van der Waals surface area contributed by atoms with Gasteiger partial charge in [-0.2, -0.15) is 0 Å². The normalized spacial score (nSPS) is 16.1. The van der Waals surface area contributed by atoms with Gasteiger partial charge < -0.3 is 5.11 Å². The third-order valence-electron chi connectivity index (χ3n) is 2.55. The highest BCUT2D eigenvalue weighted by molar-refractivity contribution is 5.10.